The van der Waals surface area contributed by atoms with E-state index in [0.717, 1.165) is 68.5 Å². The predicted octanol–water partition coefficient (Wildman–Crippen LogP) is 7.33. The van der Waals surface area contributed by atoms with Gasteiger partial charge in [0.15, 0.2) is 23.3 Å². The molecule has 0 aliphatic carbocycles. The Bertz CT molecular complexity index is 3130. The zero-order valence-electron chi connectivity index (χ0n) is 39.0. The summed E-state index contributed by atoms with van der Waals surface area (Å²) in [6.45, 7) is 5.66. The molecule has 3 atom stereocenters. The molecule has 3 aliphatic heterocycles. The molecule has 3 saturated heterocycles. The summed E-state index contributed by atoms with van der Waals surface area (Å²) < 4.78 is 43.7. The Morgan fingerprint density at radius 1 is 0.643 bits per heavy atom. The number of methoxy groups -OCH3 is 2. The molecular formula is C51H51F2N15O2. The summed E-state index contributed by atoms with van der Waals surface area (Å²) in [7, 11) is 5.24. The SMILES string of the molecule is COc1cccc(F)c1Nc1nccc(-c2cnn(-c3cccc(N4CC5CCC(C4)N5CCN(C)[C@@H]4CCN(c5cccc(-n6cc(-c7ccnc(-c8c(F)cccc8OC)n7)cn6)n5)C4)n3)c2)n1. The van der Waals surface area contributed by atoms with Gasteiger partial charge in [-0.3, -0.25) is 4.90 Å². The fraction of sp³-hybridized carbons (Fsp3) is 0.294. The number of rotatable bonds is 15. The Labute approximate surface area is 403 Å². The number of para-hydroxylation sites is 1. The van der Waals surface area contributed by atoms with Gasteiger partial charge in [0.2, 0.25) is 5.95 Å². The number of fused-ring (bicyclic) bond motifs is 2. The van der Waals surface area contributed by atoms with Crippen LogP contribution in [0.2, 0.25) is 0 Å². The van der Waals surface area contributed by atoms with Gasteiger partial charge in [-0.1, -0.05) is 24.3 Å². The first-order valence-corrected chi connectivity index (χ1v) is 23.4. The van der Waals surface area contributed by atoms with Crippen molar-refractivity contribution in [3.05, 3.63) is 134 Å². The van der Waals surface area contributed by atoms with Crippen molar-refractivity contribution in [2.75, 3.05) is 75.7 Å². The first-order chi connectivity index (χ1) is 34.3. The second kappa shape index (κ2) is 19.2. The van der Waals surface area contributed by atoms with Gasteiger partial charge >= 0.3 is 0 Å². The quantitative estimate of drug-likeness (QED) is 0.109. The Hall–Kier alpha value is -7.90. The van der Waals surface area contributed by atoms with E-state index in [1.54, 1.807) is 70.5 Å². The third-order valence-electron chi connectivity index (χ3n) is 13.6. The van der Waals surface area contributed by atoms with Gasteiger partial charge in [-0.05, 0) is 87.0 Å². The highest BCUT2D eigenvalue weighted by molar-refractivity contribution is 5.68. The number of hydrogen-bond acceptors (Lipinski definition) is 15. The summed E-state index contributed by atoms with van der Waals surface area (Å²) in [4.78, 5) is 38.0. The van der Waals surface area contributed by atoms with Gasteiger partial charge in [0.05, 0.1) is 43.6 Å². The molecular weight excluding hydrogens is 893 g/mol. The zero-order valence-corrected chi connectivity index (χ0v) is 39.0. The van der Waals surface area contributed by atoms with Crippen LogP contribution in [0.25, 0.3) is 45.5 Å². The van der Waals surface area contributed by atoms with Crippen LogP contribution in [0.15, 0.2) is 122 Å². The second-order valence-electron chi connectivity index (χ2n) is 17.7. The minimum Gasteiger partial charge on any atom is -0.496 e. The highest BCUT2D eigenvalue weighted by atomic mass is 19.1. The first kappa shape index (κ1) is 44.6. The van der Waals surface area contributed by atoms with Crippen LogP contribution >= 0.6 is 0 Å². The fourth-order valence-corrected chi connectivity index (χ4v) is 9.92. The van der Waals surface area contributed by atoms with Crippen molar-refractivity contribution in [3.63, 3.8) is 0 Å². The molecule has 9 heterocycles. The smallest absolute Gasteiger partial charge is 0.227 e. The molecule has 70 heavy (non-hydrogen) atoms. The molecule has 0 spiro atoms. The lowest BCUT2D eigenvalue weighted by Gasteiger charge is -2.42. The topological polar surface area (TPSA) is 156 Å². The van der Waals surface area contributed by atoms with E-state index in [2.05, 4.69) is 74.2 Å². The predicted molar refractivity (Wildman–Crippen MR) is 262 cm³/mol. The number of piperazine rings is 1. The summed E-state index contributed by atoms with van der Waals surface area (Å²) in [5.74, 6) is 3.54. The number of nitrogens with one attached hydrogen (secondary N) is 1. The first-order valence-electron chi connectivity index (χ1n) is 23.4. The molecule has 2 bridgehead atoms. The van der Waals surface area contributed by atoms with Gasteiger partial charge in [-0.25, -0.2) is 48.0 Å². The largest absolute Gasteiger partial charge is 0.496 e. The van der Waals surface area contributed by atoms with Crippen molar-refractivity contribution in [1.29, 1.82) is 0 Å². The molecule has 11 rings (SSSR count). The number of likely N-dealkylation sites (N-methyl/N-ethyl adjacent to an activating group) is 1. The van der Waals surface area contributed by atoms with Crippen molar-refractivity contribution in [2.45, 2.75) is 37.4 Å². The highest BCUT2D eigenvalue weighted by Gasteiger charge is 2.40. The lowest BCUT2D eigenvalue weighted by atomic mass is 10.1. The highest BCUT2D eigenvalue weighted by Crippen LogP contribution is 2.35. The molecule has 2 aromatic carbocycles. The normalized spacial score (nSPS) is 17.9. The van der Waals surface area contributed by atoms with Crippen LogP contribution in [-0.4, -0.2) is 138 Å². The van der Waals surface area contributed by atoms with Crippen LogP contribution < -0.4 is 24.6 Å². The van der Waals surface area contributed by atoms with E-state index in [-0.39, 0.29) is 23.0 Å². The van der Waals surface area contributed by atoms with Crippen molar-refractivity contribution in [1.82, 2.24) is 59.3 Å². The Morgan fingerprint density at radius 2 is 1.24 bits per heavy atom. The Kier molecular flexibility index (Phi) is 12.3. The molecule has 19 heteroatoms. The number of halogens is 2. The van der Waals surface area contributed by atoms with Crippen molar-refractivity contribution < 1.29 is 18.3 Å². The lowest BCUT2D eigenvalue weighted by molar-refractivity contribution is 0.137. The third-order valence-corrected chi connectivity index (χ3v) is 13.6. The fourth-order valence-electron chi connectivity index (χ4n) is 9.92. The zero-order chi connectivity index (χ0) is 47.7. The van der Waals surface area contributed by atoms with Gasteiger partial charge in [-0.2, -0.15) is 10.2 Å². The van der Waals surface area contributed by atoms with Crippen LogP contribution in [0.1, 0.15) is 19.3 Å². The van der Waals surface area contributed by atoms with Gasteiger partial charge in [0.25, 0.3) is 0 Å². The molecule has 6 aromatic heterocycles. The number of ether oxygens (including phenoxy) is 2. The summed E-state index contributed by atoms with van der Waals surface area (Å²) in [6, 6.07) is 26.3. The summed E-state index contributed by atoms with van der Waals surface area (Å²) in [5, 5.41) is 12.2. The monoisotopic (exact) mass is 943 g/mol. The van der Waals surface area contributed by atoms with Gasteiger partial charge < -0.3 is 29.5 Å². The number of benzene rings is 2. The Balaban J connectivity index is 0.688. The molecule has 8 aromatic rings. The van der Waals surface area contributed by atoms with Crippen LogP contribution in [0, 0.1) is 11.6 Å². The number of nitrogens with zero attached hydrogens (tertiary/aromatic N) is 14. The van der Waals surface area contributed by atoms with Crippen LogP contribution in [0.4, 0.5) is 32.1 Å². The minimum absolute atomic E-state index is 0.168. The number of anilines is 4. The van der Waals surface area contributed by atoms with Crippen LogP contribution in [-0.2, 0) is 0 Å². The van der Waals surface area contributed by atoms with Crippen molar-refractivity contribution >= 4 is 23.3 Å². The van der Waals surface area contributed by atoms with E-state index in [0.29, 0.717) is 52.6 Å². The minimum atomic E-state index is -0.466. The number of aromatic nitrogens is 10. The summed E-state index contributed by atoms with van der Waals surface area (Å²) in [6.07, 6.45) is 13.9. The average molecular weight is 944 g/mol. The molecule has 3 fully saturated rings. The van der Waals surface area contributed by atoms with Crippen molar-refractivity contribution in [2.24, 2.45) is 0 Å². The van der Waals surface area contributed by atoms with Gasteiger partial charge in [0.1, 0.15) is 34.6 Å². The van der Waals surface area contributed by atoms with E-state index >= 15 is 0 Å². The van der Waals surface area contributed by atoms with E-state index in [1.807, 2.05) is 36.7 Å². The third kappa shape index (κ3) is 8.96. The average Bonchev–Trinajstić information content (AvgIpc) is 4.24. The standard InChI is InChI=1S/C51H51F2N15O2/c1-63(35-20-23-64(30-35)44-12-6-14-46(60-44)67-28-33(26-56-67)40-18-21-54-50(58-40)48-38(52)8-4-10-42(48)69-2)24-25-66-36-16-17-37(66)32-65(31-36)45-13-7-15-47(61-45)68-29-34(27-57-68)41-19-22-55-51(59-41)62-49-39(53)9-5-11-43(49)70-3/h4-15,18-19,21-22,26-29,35-37H,16-17,20,23-25,30-32H2,1-3H3,(H,55,59,62)/t35-,36?,37?/m1/s1. The van der Waals surface area contributed by atoms with Crippen LogP contribution in [0.5, 0.6) is 11.5 Å². The van der Waals surface area contributed by atoms with E-state index < -0.39 is 11.6 Å². The Morgan fingerprint density at radius 3 is 1.93 bits per heavy atom. The van der Waals surface area contributed by atoms with Crippen molar-refractivity contribution in [3.8, 4) is 57.0 Å². The molecule has 0 amide bonds. The van der Waals surface area contributed by atoms with Crippen LogP contribution in [0.3, 0.4) is 0 Å². The molecule has 2 unspecified atom stereocenters. The molecule has 356 valence electrons. The molecule has 0 radical (unpaired) electrons. The maximum Gasteiger partial charge on any atom is 0.227 e. The molecule has 3 aliphatic rings. The van der Waals surface area contributed by atoms with E-state index in [1.165, 1.54) is 39.2 Å². The van der Waals surface area contributed by atoms with E-state index in [9.17, 15) is 8.78 Å². The van der Waals surface area contributed by atoms with Gasteiger partial charge in [0, 0.05) is 93.3 Å². The number of pyridine rings is 2. The maximum atomic E-state index is 14.9. The summed E-state index contributed by atoms with van der Waals surface area (Å²) in [5.41, 5.74) is 3.15. The second-order valence-corrected chi connectivity index (χ2v) is 17.7. The molecule has 0 saturated carbocycles. The van der Waals surface area contributed by atoms with Gasteiger partial charge in [-0.15, -0.1) is 0 Å². The number of hydrogen-bond donors (Lipinski definition) is 1. The maximum absolute atomic E-state index is 14.9. The molecule has 1 N–H and O–H groups in total. The van der Waals surface area contributed by atoms with E-state index in [4.69, 9.17) is 19.4 Å². The molecule has 17 nitrogen and oxygen atoms in total. The lowest BCUT2D eigenvalue weighted by Crippen LogP contribution is -2.55. The summed E-state index contributed by atoms with van der Waals surface area (Å²) >= 11 is 0.